The monoisotopic (exact) mass is 291 g/mol. The van der Waals surface area contributed by atoms with Gasteiger partial charge in [-0.05, 0) is 32.9 Å². The summed E-state index contributed by atoms with van der Waals surface area (Å²) >= 11 is 0. The van der Waals surface area contributed by atoms with Crippen LogP contribution in [-0.2, 0) is 14.6 Å². The molecule has 0 aliphatic carbocycles. The van der Waals surface area contributed by atoms with E-state index in [0.717, 1.165) is 25.6 Å². The topological polar surface area (TPSA) is 83.7 Å². The van der Waals surface area contributed by atoms with Crippen molar-refractivity contribution < 1.29 is 13.2 Å². The van der Waals surface area contributed by atoms with Gasteiger partial charge in [0.15, 0.2) is 0 Å². The maximum Gasteiger partial charge on any atom is 0.239 e. The van der Waals surface area contributed by atoms with E-state index >= 15 is 0 Å². The molecular weight excluding hydrogens is 266 g/mol. The van der Waals surface area contributed by atoms with Crippen LogP contribution in [0.25, 0.3) is 0 Å². The summed E-state index contributed by atoms with van der Waals surface area (Å²) in [6.45, 7) is 1.72. The van der Waals surface area contributed by atoms with Crippen molar-refractivity contribution in [1.29, 1.82) is 0 Å². The van der Waals surface area contributed by atoms with Gasteiger partial charge in [-0.1, -0.05) is 0 Å². The largest absolute Gasteiger partial charge is 0.343 e. The number of carbonyl (C=O) groups is 1. The van der Waals surface area contributed by atoms with Crippen LogP contribution < -0.4 is 5.73 Å². The van der Waals surface area contributed by atoms with E-state index in [1.807, 2.05) is 0 Å². The molecule has 0 spiro atoms. The lowest BCUT2D eigenvalue weighted by atomic mass is 10.1. The number of sulfone groups is 1. The molecule has 0 bridgehead atoms. The lowest BCUT2D eigenvalue weighted by Crippen LogP contribution is -2.47. The minimum atomic E-state index is -3.07. The summed E-state index contributed by atoms with van der Waals surface area (Å²) in [6, 6.07) is -0.345. The summed E-state index contributed by atoms with van der Waals surface area (Å²) < 4.78 is 22.1. The van der Waals surface area contributed by atoms with Crippen molar-refractivity contribution in [3.63, 3.8) is 0 Å². The van der Waals surface area contributed by atoms with Gasteiger partial charge in [-0.15, -0.1) is 0 Å². The fourth-order valence-corrected chi connectivity index (χ4v) is 3.05. The van der Waals surface area contributed by atoms with Gasteiger partial charge in [0.05, 0.1) is 11.8 Å². The van der Waals surface area contributed by atoms with Crippen LogP contribution in [0.2, 0.25) is 0 Å². The number of rotatable bonds is 6. The van der Waals surface area contributed by atoms with Crippen LogP contribution in [-0.4, -0.2) is 75.4 Å². The average molecular weight is 291 g/mol. The van der Waals surface area contributed by atoms with Gasteiger partial charge in [-0.2, -0.15) is 0 Å². The molecule has 1 saturated heterocycles. The molecule has 1 aliphatic heterocycles. The van der Waals surface area contributed by atoms with Gasteiger partial charge in [0, 0.05) is 25.9 Å². The predicted octanol–water partition coefficient (Wildman–Crippen LogP) is -0.699. The molecule has 0 radical (unpaired) electrons. The first-order valence-electron chi connectivity index (χ1n) is 6.59. The Morgan fingerprint density at radius 3 is 2.63 bits per heavy atom. The SMILES string of the molecule is CN(CC1CCCN1C)C(=O)C(N)CCS(C)(=O)=O. The van der Waals surface area contributed by atoms with Gasteiger partial charge in [0.2, 0.25) is 5.91 Å². The normalized spacial score (nSPS) is 22.4. The molecule has 1 aliphatic rings. The highest BCUT2D eigenvalue weighted by atomic mass is 32.2. The zero-order chi connectivity index (χ0) is 14.6. The number of carbonyl (C=O) groups excluding carboxylic acids is 1. The van der Waals surface area contributed by atoms with Gasteiger partial charge in [-0.3, -0.25) is 4.79 Å². The van der Waals surface area contributed by atoms with Crippen LogP contribution in [0.4, 0.5) is 0 Å². The van der Waals surface area contributed by atoms with Gasteiger partial charge >= 0.3 is 0 Å². The van der Waals surface area contributed by atoms with E-state index in [1.54, 1.807) is 11.9 Å². The van der Waals surface area contributed by atoms with Crippen molar-refractivity contribution >= 4 is 15.7 Å². The lowest BCUT2D eigenvalue weighted by Gasteiger charge is -2.27. The second-order valence-electron chi connectivity index (χ2n) is 5.52. The van der Waals surface area contributed by atoms with E-state index < -0.39 is 15.9 Å². The van der Waals surface area contributed by atoms with Crippen LogP contribution >= 0.6 is 0 Å². The molecule has 0 aromatic carbocycles. The molecule has 7 heteroatoms. The molecule has 0 aromatic heterocycles. The second-order valence-corrected chi connectivity index (χ2v) is 7.78. The number of amides is 1. The Balaban J connectivity index is 2.42. The molecule has 0 saturated carbocycles. The third-order valence-electron chi connectivity index (χ3n) is 3.65. The van der Waals surface area contributed by atoms with Crippen LogP contribution in [0.5, 0.6) is 0 Å². The Labute approximate surface area is 115 Å². The highest BCUT2D eigenvalue weighted by molar-refractivity contribution is 7.90. The van der Waals surface area contributed by atoms with E-state index in [4.69, 9.17) is 5.73 Å². The summed E-state index contributed by atoms with van der Waals surface area (Å²) in [5.74, 6) is -0.221. The van der Waals surface area contributed by atoms with Crippen molar-refractivity contribution in [2.45, 2.75) is 31.3 Å². The number of likely N-dealkylation sites (N-methyl/N-ethyl adjacent to an activating group) is 2. The third kappa shape index (κ3) is 5.46. The molecule has 1 amide bonds. The van der Waals surface area contributed by atoms with Crippen LogP contribution in [0, 0.1) is 0 Å². The molecule has 6 nitrogen and oxygen atoms in total. The summed E-state index contributed by atoms with van der Waals surface area (Å²) in [6.07, 6.45) is 3.58. The molecule has 1 fully saturated rings. The zero-order valence-electron chi connectivity index (χ0n) is 12.0. The van der Waals surface area contributed by atoms with E-state index in [1.165, 1.54) is 0 Å². The smallest absolute Gasteiger partial charge is 0.239 e. The van der Waals surface area contributed by atoms with Gasteiger partial charge < -0.3 is 15.5 Å². The lowest BCUT2D eigenvalue weighted by molar-refractivity contribution is -0.131. The molecule has 2 N–H and O–H groups in total. The molecule has 1 heterocycles. The molecular formula is C12H25N3O3S. The fraction of sp³-hybridized carbons (Fsp3) is 0.917. The number of nitrogens with two attached hydrogens (primary N) is 1. The van der Waals surface area contributed by atoms with E-state index in [-0.39, 0.29) is 18.1 Å². The van der Waals surface area contributed by atoms with Crippen molar-refractivity contribution in [2.75, 3.05) is 39.2 Å². The number of likely N-dealkylation sites (tertiary alicyclic amines) is 1. The van der Waals surface area contributed by atoms with Gasteiger partial charge in [0.25, 0.3) is 0 Å². The van der Waals surface area contributed by atoms with Gasteiger partial charge in [-0.25, -0.2) is 8.42 Å². The van der Waals surface area contributed by atoms with Crippen molar-refractivity contribution in [3.05, 3.63) is 0 Å². The first kappa shape index (κ1) is 16.4. The summed E-state index contributed by atoms with van der Waals surface area (Å²) in [7, 11) is 0.718. The molecule has 0 aromatic rings. The van der Waals surface area contributed by atoms with Crippen LogP contribution in [0.3, 0.4) is 0 Å². The average Bonchev–Trinajstić information content (AvgIpc) is 2.70. The first-order valence-corrected chi connectivity index (χ1v) is 8.65. The maximum absolute atomic E-state index is 12.0. The van der Waals surface area contributed by atoms with E-state index in [0.29, 0.717) is 12.6 Å². The molecule has 19 heavy (non-hydrogen) atoms. The Bertz CT molecular complexity index is 410. The van der Waals surface area contributed by atoms with Crippen molar-refractivity contribution in [3.8, 4) is 0 Å². The standard InChI is InChI=1S/C12H25N3O3S/c1-14-7-4-5-10(14)9-15(2)12(16)11(13)6-8-19(3,17)18/h10-11H,4-9,13H2,1-3H3. The minimum absolute atomic E-state index is 0.0446. The number of nitrogens with zero attached hydrogens (tertiary/aromatic N) is 2. The Kier molecular flexibility index (Phi) is 5.76. The first-order chi connectivity index (χ1) is 8.70. The Morgan fingerprint density at radius 1 is 1.53 bits per heavy atom. The summed E-state index contributed by atoms with van der Waals surface area (Å²) in [4.78, 5) is 15.9. The predicted molar refractivity (Wildman–Crippen MR) is 75.6 cm³/mol. The quantitative estimate of drug-likeness (QED) is 0.700. The molecule has 112 valence electrons. The highest BCUT2D eigenvalue weighted by Gasteiger charge is 2.26. The van der Waals surface area contributed by atoms with Crippen molar-refractivity contribution in [1.82, 2.24) is 9.80 Å². The molecule has 2 atom stereocenters. The summed E-state index contributed by atoms with van der Waals surface area (Å²) in [5.41, 5.74) is 5.76. The molecule has 2 unspecified atom stereocenters. The number of hydrogen-bond acceptors (Lipinski definition) is 5. The van der Waals surface area contributed by atoms with Gasteiger partial charge in [0.1, 0.15) is 9.84 Å². The van der Waals surface area contributed by atoms with Crippen LogP contribution in [0.15, 0.2) is 0 Å². The second kappa shape index (κ2) is 6.67. The highest BCUT2D eigenvalue weighted by Crippen LogP contribution is 2.15. The minimum Gasteiger partial charge on any atom is -0.343 e. The summed E-state index contributed by atoms with van der Waals surface area (Å²) in [5, 5.41) is 0. The molecule has 1 rings (SSSR count). The Hall–Kier alpha value is -0.660. The Morgan fingerprint density at radius 2 is 2.16 bits per heavy atom. The third-order valence-corrected chi connectivity index (χ3v) is 4.63. The fourth-order valence-electron chi connectivity index (χ4n) is 2.36. The van der Waals surface area contributed by atoms with Crippen molar-refractivity contribution in [2.24, 2.45) is 5.73 Å². The van der Waals surface area contributed by atoms with Crippen LogP contribution in [0.1, 0.15) is 19.3 Å². The maximum atomic E-state index is 12.0. The zero-order valence-corrected chi connectivity index (χ0v) is 12.8. The number of hydrogen-bond donors (Lipinski definition) is 1. The van der Waals surface area contributed by atoms with E-state index in [9.17, 15) is 13.2 Å². The van der Waals surface area contributed by atoms with E-state index in [2.05, 4.69) is 11.9 Å².